The zero-order valence-corrected chi connectivity index (χ0v) is 17.1. The molecule has 0 aromatic carbocycles. The highest BCUT2D eigenvalue weighted by atomic mass is 16.5. The van der Waals surface area contributed by atoms with Gasteiger partial charge in [-0.25, -0.2) is 4.98 Å². The molecule has 7 nitrogen and oxygen atoms in total. The van der Waals surface area contributed by atoms with Crippen LogP contribution in [-0.4, -0.2) is 45.2 Å². The molecule has 0 unspecified atom stereocenters. The van der Waals surface area contributed by atoms with Crippen molar-refractivity contribution in [2.24, 2.45) is 0 Å². The number of carbonyl (C=O) groups is 1. The number of aromatic nitrogens is 3. The summed E-state index contributed by atoms with van der Waals surface area (Å²) in [5, 5.41) is 4.72. The van der Waals surface area contributed by atoms with E-state index in [1.54, 1.807) is 6.20 Å². The van der Waals surface area contributed by atoms with Crippen LogP contribution < -0.4 is 0 Å². The minimum absolute atomic E-state index is 0.0492. The van der Waals surface area contributed by atoms with Crippen LogP contribution in [0.25, 0.3) is 11.1 Å². The van der Waals surface area contributed by atoms with Crippen molar-refractivity contribution >= 4 is 17.0 Å². The number of nitrogens with zero attached hydrogens (tertiary/aromatic N) is 4. The predicted molar refractivity (Wildman–Crippen MR) is 109 cm³/mol. The van der Waals surface area contributed by atoms with Crippen molar-refractivity contribution in [1.82, 2.24) is 20.0 Å². The first kappa shape index (κ1) is 19.5. The van der Waals surface area contributed by atoms with Crippen LogP contribution in [0.3, 0.4) is 0 Å². The van der Waals surface area contributed by atoms with E-state index in [1.165, 1.54) is 0 Å². The first-order valence-corrected chi connectivity index (χ1v) is 10.1. The van der Waals surface area contributed by atoms with Crippen LogP contribution in [0.5, 0.6) is 0 Å². The molecule has 4 rings (SSSR count). The highest BCUT2D eigenvalue weighted by Crippen LogP contribution is 2.27. The van der Waals surface area contributed by atoms with Crippen molar-refractivity contribution in [3.05, 3.63) is 53.1 Å². The van der Waals surface area contributed by atoms with Gasteiger partial charge in [-0.3, -0.25) is 9.78 Å². The summed E-state index contributed by atoms with van der Waals surface area (Å²) in [6.45, 7) is 7.62. The van der Waals surface area contributed by atoms with Crippen molar-refractivity contribution in [3.8, 4) is 0 Å². The van der Waals surface area contributed by atoms with Crippen molar-refractivity contribution in [2.75, 3.05) is 13.2 Å². The van der Waals surface area contributed by atoms with Crippen LogP contribution in [0, 0.1) is 6.92 Å². The SMILES string of the molecule is Cc1noc2nc(C(C)C)cc(C(=O)N(Cc3ccccn3)C[C@@H]3CCCO3)c12. The van der Waals surface area contributed by atoms with Crippen LogP contribution in [0.1, 0.15) is 60.0 Å². The van der Waals surface area contributed by atoms with Gasteiger partial charge in [0.25, 0.3) is 11.6 Å². The maximum absolute atomic E-state index is 13.7. The molecule has 7 heteroatoms. The fourth-order valence-electron chi connectivity index (χ4n) is 3.69. The Bertz CT molecular complexity index is 994. The Labute approximate surface area is 170 Å². The lowest BCUT2D eigenvalue weighted by molar-refractivity contribution is 0.0505. The molecule has 0 saturated carbocycles. The molecule has 1 aliphatic rings. The van der Waals surface area contributed by atoms with E-state index in [-0.39, 0.29) is 17.9 Å². The van der Waals surface area contributed by atoms with Gasteiger partial charge in [-0.15, -0.1) is 0 Å². The lowest BCUT2D eigenvalue weighted by Crippen LogP contribution is -2.37. The summed E-state index contributed by atoms with van der Waals surface area (Å²) >= 11 is 0. The van der Waals surface area contributed by atoms with Crippen molar-refractivity contribution in [2.45, 2.75) is 52.2 Å². The Morgan fingerprint density at radius 2 is 2.21 bits per heavy atom. The summed E-state index contributed by atoms with van der Waals surface area (Å²) in [6.07, 6.45) is 3.78. The van der Waals surface area contributed by atoms with E-state index in [0.717, 1.165) is 30.8 Å². The van der Waals surface area contributed by atoms with Gasteiger partial charge in [0.1, 0.15) is 0 Å². The van der Waals surface area contributed by atoms with Gasteiger partial charge in [-0.05, 0) is 43.9 Å². The first-order valence-electron chi connectivity index (χ1n) is 10.1. The highest BCUT2D eigenvalue weighted by Gasteiger charge is 2.27. The smallest absolute Gasteiger partial charge is 0.259 e. The van der Waals surface area contributed by atoms with E-state index in [1.807, 2.05) is 49.9 Å². The van der Waals surface area contributed by atoms with E-state index in [2.05, 4.69) is 15.1 Å². The van der Waals surface area contributed by atoms with E-state index >= 15 is 0 Å². The Kier molecular flexibility index (Phi) is 5.58. The number of hydrogen-bond acceptors (Lipinski definition) is 6. The van der Waals surface area contributed by atoms with Gasteiger partial charge in [0.2, 0.25) is 0 Å². The molecular formula is C22H26N4O3. The summed E-state index contributed by atoms with van der Waals surface area (Å²) in [5.41, 5.74) is 3.31. The van der Waals surface area contributed by atoms with Gasteiger partial charge >= 0.3 is 0 Å². The van der Waals surface area contributed by atoms with Crippen molar-refractivity contribution < 1.29 is 14.1 Å². The van der Waals surface area contributed by atoms with Gasteiger partial charge in [0.05, 0.1) is 35.0 Å². The van der Waals surface area contributed by atoms with Crippen LogP contribution in [-0.2, 0) is 11.3 Å². The fraction of sp³-hybridized carbons (Fsp3) is 0.455. The van der Waals surface area contributed by atoms with Crippen LogP contribution in [0.4, 0.5) is 0 Å². The molecule has 1 atom stereocenters. The van der Waals surface area contributed by atoms with E-state index < -0.39 is 0 Å². The zero-order valence-electron chi connectivity index (χ0n) is 17.1. The molecule has 1 amide bonds. The molecule has 0 radical (unpaired) electrons. The highest BCUT2D eigenvalue weighted by molar-refractivity contribution is 6.06. The third-order valence-electron chi connectivity index (χ3n) is 5.27. The molecule has 0 aliphatic carbocycles. The monoisotopic (exact) mass is 394 g/mol. The van der Waals surface area contributed by atoms with E-state index in [4.69, 9.17) is 9.26 Å². The van der Waals surface area contributed by atoms with E-state index in [9.17, 15) is 4.79 Å². The molecule has 29 heavy (non-hydrogen) atoms. The van der Waals surface area contributed by atoms with Gasteiger partial charge < -0.3 is 14.2 Å². The summed E-state index contributed by atoms with van der Waals surface area (Å²) in [5.74, 6) is 0.0884. The van der Waals surface area contributed by atoms with Gasteiger partial charge in [0, 0.05) is 25.0 Å². The second kappa shape index (κ2) is 8.29. The van der Waals surface area contributed by atoms with Gasteiger partial charge in [-0.1, -0.05) is 25.1 Å². The number of aryl methyl sites for hydroxylation is 1. The number of hydrogen-bond donors (Lipinski definition) is 0. The van der Waals surface area contributed by atoms with Crippen LogP contribution in [0.15, 0.2) is 35.0 Å². The fourth-order valence-corrected chi connectivity index (χ4v) is 3.69. The molecule has 3 aromatic rings. The molecule has 1 fully saturated rings. The van der Waals surface area contributed by atoms with Crippen LogP contribution >= 0.6 is 0 Å². The average Bonchev–Trinajstić information content (AvgIpc) is 3.37. The number of pyridine rings is 2. The molecule has 1 aliphatic heterocycles. The second-order valence-electron chi connectivity index (χ2n) is 7.84. The molecule has 0 spiro atoms. The number of amides is 1. The van der Waals surface area contributed by atoms with Gasteiger partial charge in [-0.2, -0.15) is 0 Å². The molecular weight excluding hydrogens is 368 g/mol. The van der Waals surface area contributed by atoms with Crippen molar-refractivity contribution in [1.29, 1.82) is 0 Å². The number of fused-ring (bicyclic) bond motifs is 1. The summed E-state index contributed by atoms with van der Waals surface area (Å²) < 4.78 is 11.2. The molecule has 0 N–H and O–H groups in total. The number of ether oxygens (including phenoxy) is 1. The molecule has 4 heterocycles. The summed E-state index contributed by atoms with van der Waals surface area (Å²) in [6, 6.07) is 7.61. The zero-order chi connectivity index (χ0) is 20.4. The Morgan fingerprint density at radius 1 is 1.34 bits per heavy atom. The second-order valence-corrected chi connectivity index (χ2v) is 7.84. The maximum Gasteiger partial charge on any atom is 0.259 e. The lowest BCUT2D eigenvalue weighted by atomic mass is 10.0. The van der Waals surface area contributed by atoms with E-state index in [0.29, 0.717) is 35.4 Å². The predicted octanol–water partition coefficient (Wildman–Crippen LogP) is 3.87. The Hall–Kier alpha value is -2.80. The van der Waals surface area contributed by atoms with Crippen LogP contribution in [0.2, 0.25) is 0 Å². The third-order valence-corrected chi connectivity index (χ3v) is 5.27. The quantitative estimate of drug-likeness (QED) is 0.631. The topological polar surface area (TPSA) is 81.4 Å². The van der Waals surface area contributed by atoms with Gasteiger partial charge in [0.15, 0.2) is 0 Å². The minimum Gasteiger partial charge on any atom is -0.376 e. The Balaban J connectivity index is 1.73. The Morgan fingerprint density at radius 3 is 2.90 bits per heavy atom. The maximum atomic E-state index is 13.7. The molecule has 152 valence electrons. The minimum atomic E-state index is -0.0771. The summed E-state index contributed by atoms with van der Waals surface area (Å²) in [4.78, 5) is 24.5. The number of carbonyl (C=O) groups excluding carboxylic acids is 1. The molecule has 1 saturated heterocycles. The first-order chi connectivity index (χ1) is 14.0. The molecule has 0 bridgehead atoms. The largest absolute Gasteiger partial charge is 0.376 e. The average molecular weight is 394 g/mol. The number of rotatable bonds is 6. The standard InChI is InChI=1S/C22H26N4O3/c1-14(2)19-11-18(20-15(3)25-29-21(20)24-19)22(27)26(13-17-8-6-10-28-17)12-16-7-4-5-9-23-16/h4-5,7,9,11,14,17H,6,8,10,12-13H2,1-3H3/t17-/m0/s1. The lowest BCUT2D eigenvalue weighted by Gasteiger charge is -2.26. The van der Waals surface area contributed by atoms with Crippen molar-refractivity contribution in [3.63, 3.8) is 0 Å². The molecule has 3 aromatic heterocycles. The normalized spacial score (nSPS) is 16.6. The summed E-state index contributed by atoms with van der Waals surface area (Å²) in [7, 11) is 0. The third kappa shape index (κ3) is 4.15.